The van der Waals surface area contributed by atoms with E-state index in [1.807, 2.05) is 18.2 Å². The number of aliphatic hydroxyl groups excluding tert-OH is 2. The lowest BCUT2D eigenvalue weighted by atomic mass is 9.73. The highest BCUT2D eigenvalue weighted by molar-refractivity contribution is 5.82. The molecule has 3 atom stereocenters. The standard InChI is InChI=1S/C32H38O8/c1-17(2)5-6-18-11-24-23-15-25(35)32(19-12-28(37-3)31(36)29(13-19)38-4)40-26(23)16-27(39-10-9-33)30(24)21-8-7-20(34)14-22(18)21/h7-8,12-14,16-18,25,32-36H,5-6,9-11,15H2,1-4H3/t18-,25-,32+/m1/s1. The van der Waals surface area contributed by atoms with Crippen LogP contribution >= 0.6 is 0 Å². The Hall–Kier alpha value is -3.62. The van der Waals surface area contributed by atoms with Crippen molar-refractivity contribution in [3.05, 3.63) is 58.7 Å². The van der Waals surface area contributed by atoms with E-state index in [9.17, 15) is 20.4 Å². The van der Waals surface area contributed by atoms with Gasteiger partial charge in [0.1, 0.15) is 23.9 Å². The number of fused-ring (bicyclic) bond motifs is 5. The number of hydrogen-bond acceptors (Lipinski definition) is 8. The maximum atomic E-state index is 11.4. The summed E-state index contributed by atoms with van der Waals surface area (Å²) in [6, 6.07) is 10.6. The van der Waals surface area contributed by atoms with Crippen molar-refractivity contribution in [1.29, 1.82) is 0 Å². The maximum absolute atomic E-state index is 11.4. The van der Waals surface area contributed by atoms with Gasteiger partial charge in [-0.1, -0.05) is 26.3 Å². The van der Waals surface area contributed by atoms with Gasteiger partial charge in [-0.25, -0.2) is 0 Å². The number of hydrogen-bond donors (Lipinski definition) is 4. The third-order valence-electron chi connectivity index (χ3n) is 7.96. The number of phenols is 2. The Bertz CT molecular complexity index is 1360. The maximum Gasteiger partial charge on any atom is 0.200 e. The van der Waals surface area contributed by atoms with E-state index in [1.165, 1.54) is 14.2 Å². The fraction of sp³-hybridized carbons (Fsp3) is 0.438. The van der Waals surface area contributed by atoms with Crippen LogP contribution in [0.1, 0.15) is 61.0 Å². The molecule has 0 saturated carbocycles. The highest BCUT2D eigenvalue weighted by Crippen LogP contribution is 2.53. The highest BCUT2D eigenvalue weighted by atomic mass is 16.5. The molecule has 0 unspecified atom stereocenters. The third kappa shape index (κ3) is 5.13. The molecule has 0 bridgehead atoms. The van der Waals surface area contributed by atoms with Crippen molar-refractivity contribution in [3.63, 3.8) is 0 Å². The van der Waals surface area contributed by atoms with Crippen LogP contribution in [0.25, 0.3) is 11.1 Å². The quantitative estimate of drug-likeness (QED) is 0.285. The molecular weight excluding hydrogens is 512 g/mol. The molecule has 3 aromatic carbocycles. The van der Waals surface area contributed by atoms with E-state index in [-0.39, 0.29) is 42.1 Å². The van der Waals surface area contributed by atoms with Gasteiger partial charge in [0, 0.05) is 29.2 Å². The highest BCUT2D eigenvalue weighted by Gasteiger charge is 2.37. The molecule has 0 amide bonds. The molecule has 8 nitrogen and oxygen atoms in total. The third-order valence-corrected chi connectivity index (χ3v) is 7.96. The molecule has 8 heteroatoms. The summed E-state index contributed by atoms with van der Waals surface area (Å²) in [5.41, 5.74) is 5.60. The van der Waals surface area contributed by atoms with Crippen LogP contribution in [-0.2, 0) is 12.8 Å². The van der Waals surface area contributed by atoms with Crippen molar-refractivity contribution >= 4 is 0 Å². The van der Waals surface area contributed by atoms with Crippen LogP contribution in [0.15, 0.2) is 36.4 Å². The van der Waals surface area contributed by atoms with Crippen LogP contribution < -0.4 is 18.9 Å². The summed E-state index contributed by atoms with van der Waals surface area (Å²) in [6.07, 6.45) is 1.49. The largest absolute Gasteiger partial charge is 0.508 e. The predicted molar refractivity (Wildman–Crippen MR) is 151 cm³/mol. The van der Waals surface area contributed by atoms with Gasteiger partial charge in [0.2, 0.25) is 5.75 Å². The van der Waals surface area contributed by atoms with Gasteiger partial charge in [-0.2, -0.15) is 0 Å². The van der Waals surface area contributed by atoms with Gasteiger partial charge in [-0.3, -0.25) is 0 Å². The van der Waals surface area contributed by atoms with Gasteiger partial charge in [0.15, 0.2) is 17.6 Å². The number of aromatic hydroxyl groups is 2. The van der Waals surface area contributed by atoms with E-state index >= 15 is 0 Å². The first-order valence-electron chi connectivity index (χ1n) is 13.8. The molecule has 1 aliphatic carbocycles. The Kier molecular flexibility index (Phi) is 8.01. The fourth-order valence-electron chi connectivity index (χ4n) is 6.01. The molecule has 5 rings (SSSR count). The number of ether oxygens (including phenoxy) is 4. The summed E-state index contributed by atoms with van der Waals surface area (Å²) in [5.74, 6) is 2.49. The molecule has 0 saturated heterocycles. The van der Waals surface area contributed by atoms with E-state index in [0.29, 0.717) is 29.4 Å². The van der Waals surface area contributed by atoms with Crippen LogP contribution in [0.2, 0.25) is 0 Å². The molecule has 0 spiro atoms. The van der Waals surface area contributed by atoms with Gasteiger partial charge in [0.25, 0.3) is 0 Å². The first-order valence-corrected chi connectivity index (χ1v) is 13.8. The molecule has 0 aromatic heterocycles. The fourth-order valence-corrected chi connectivity index (χ4v) is 6.01. The minimum absolute atomic E-state index is 0.119. The second-order valence-electron chi connectivity index (χ2n) is 11.0. The summed E-state index contributed by atoms with van der Waals surface area (Å²) in [5, 5.41) is 41.7. The molecule has 0 fully saturated rings. The number of rotatable bonds is 9. The average molecular weight is 551 g/mol. The smallest absolute Gasteiger partial charge is 0.200 e. The Morgan fingerprint density at radius 3 is 2.33 bits per heavy atom. The summed E-state index contributed by atoms with van der Waals surface area (Å²) < 4.78 is 23.2. The lowest BCUT2D eigenvalue weighted by Gasteiger charge is -2.37. The van der Waals surface area contributed by atoms with Crippen molar-refractivity contribution < 1.29 is 39.4 Å². The SMILES string of the molecule is COc1cc([C@@H]2Oc3cc(OCCO)c4c(c3C[C@H]2O)C[C@@H](CCC(C)C)c2cc(O)ccc2-4)cc(OC)c1O. The predicted octanol–water partition coefficient (Wildman–Crippen LogP) is 5.27. The zero-order valence-electron chi connectivity index (χ0n) is 23.4. The first kappa shape index (κ1) is 27.9. The van der Waals surface area contributed by atoms with Crippen molar-refractivity contribution in [2.24, 2.45) is 5.92 Å². The Labute approximate surface area is 234 Å². The van der Waals surface area contributed by atoms with Gasteiger partial charge in [0.05, 0.1) is 26.9 Å². The summed E-state index contributed by atoms with van der Waals surface area (Å²) in [6.45, 7) is 4.40. The Morgan fingerprint density at radius 2 is 1.68 bits per heavy atom. The average Bonchev–Trinajstić information content (AvgIpc) is 2.94. The van der Waals surface area contributed by atoms with Crippen LogP contribution in [0, 0.1) is 5.92 Å². The second kappa shape index (κ2) is 11.5. The Morgan fingerprint density at radius 1 is 0.950 bits per heavy atom. The molecule has 214 valence electrons. The molecule has 0 radical (unpaired) electrons. The van der Waals surface area contributed by atoms with Crippen molar-refractivity contribution in [2.75, 3.05) is 27.4 Å². The van der Waals surface area contributed by atoms with Crippen molar-refractivity contribution in [2.45, 2.75) is 57.7 Å². The molecule has 1 aliphatic heterocycles. The van der Waals surface area contributed by atoms with Crippen LogP contribution in [0.4, 0.5) is 0 Å². The lowest BCUT2D eigenvalue weighted by Crippen LogP contribution is -2.32. The van der Waals surface area contributed by atoms with Crippen LogP contribution in [0.5, 0.6) is 34.5 Å². The molecule has 1 heterocycles. The van der Waals surface area contributed by atoms with Crippen LogP contribution in [-0.4, -0.2) is 54.0 Å². The molecule has 3 aromatic rings. The van der Waals surface area contributed by atoms with E-state index < -0.39 is 12.2 Å². The van der Waals surface area contributed by atoms with Gasteiger partial charge >= 0.3 is 0 Å². The summed E-state index contributed by atoms with van der Waals surface area (Å²) >= 11 is 0. The first-order chi connectivity index (χ1) is 19.2. The van der Waals surface area contributed by atoms with Gasteiger partial charge < -0.3 is 39.4 Å². The minimum Gasteiger partial charge on any atom is -0.508 e. The molecular formula is C32H38O8. The number of phenolic OH excluding ortho intramolecular Hbond substituents is 2. The Balaban J connectivity index is 1.63. The normalized spacial score (nSPS) is 19.3. The molecule has 40 heavy (non-hydrogen) atoms. The topological polar surface area (TPSA) is 118 Å². The van der Waals surface area contributed by atoms with E-state index in [0.717, 1.165) is 47.1 Å². The van der Waals surface area contributed by atoms with Gasteiger partial charge in [-0.05, 0) is 65.6 Å². The van der Waals surface area contributed by atoms with E-state index in [4.69, 9.17) is 18.9 Å². The van der Waals surface area contributed by atoms with Gasteiger partial charge in [-0.15, -0.1) is 0 Å². The van der Waals surface area contributed by atoms with Crippen molar-refractivity contribution in [1.82, 2.24) is 0 Å². The lowest BCUT2D eigenvalue weighted by molar-refractivity contribution is 0.0200. The summed E-state index contributed by atoms with van der Waals surface area (Å²) in [4.78, 5) is 0. The molecule has 4 N–H and O–H groups in total. The molecule has 2 aliphatic rings. The van der Waals surface area contributed by atoms with Crippen molar-refractivity contribution in [3.8, 4) is 45.6 Å². The number of aliphatic hydroxyl groups is 2. The minimum atomic E-state index is -0.866. The van der Waals surface area contributed by atoms with Crippen LogP contribution in [0.3, 0.4) is 0 Å². The monoisotopic (exact) mass is 550 g/mol. The second-order valence-corrected chi connectivity index (χ2v) is 11.0. The number of methoxy groups -OCH3 is 2. The van der Waals surface area contributed by atoms with E-state index in [2.05, 4.69) is 13.8 Å². The number of benzene rings is 3. The zero-order chi connectivity index (χ0) is 28.6. The van der Waals surface area contributed by atoms with E-state index in [1.54, 1.807) is 18.2 Å². The zero-order valence-corrected chi connectivity index (χ0v) is 23.4. The summed E-state index contributed by atoms with van der Waals surface area (Å²) in [7, 11) is 2.91.